The van der Waals surface area contributed by atoms with E-state index in [9.17, 15) is 0 Å². The Kier molecular flexibility index (Phi) is 8.51. The van der Waals surface area contributed by atoms with E-state index in [1.54, 1.807) is 0 Å². The molecule has 0 spiro atoms. The molecule has 0 fully saturated rings. The summed E-state index contributed by atoms with van der Waals surface area (Å²) >= 11 is 0. The highest BCUT2D eigenvalue weighted by atomic mass is 15.1. The van der Waals surface area contributed by atoms with Gasteiger partial charge in [0.1, 0.15) is 0 Å². The van der Waals surface area contributed by atoms with Gasteiger partial charge in [-0.1, -0.05) is 152 Å². The number of nitrogens with zero attached hydrogens (tertiary/aromatic N) is 3. The Labute approximate surface area is 327 Å². The lowest BCUT2D eigenvalue weighted by Crippen LogP contribution is -2.09. The minimum absolute atomic E-state index is 1.02. The molecule has 2 aromatic heterocycles. The summed E-state index contributed by atoms with van der Waals surface area (Å²) in [6.07, 6.45) is 1.87. The zero-order valence-electron chi connectivity index (χ0n) is 30.7. The number of hydrogen-bond acceptors (Lipinski definition) is 2. The molecule has 0 amide bonds. The first kappa shape index (κ1) is 33.1. The smallest absolute Gasteiger partial charge is 0.0963 e. The number of anilines is 3. The third-order valence-electron chi connectivity index (χ3n) is 10.7. The second-order valence-electron chi connectivity index (χ2n) is 14.1. The van der Waals surface area contributed by atoms with Crippen LogP contribution in [0, 0.1) is 0 Å². The van der Waals surface area contributed by atoms with Crippen LogP contribution in [0.2, 0.25) is 0 Å². The van der Waals surface area contributed by atoms with Gasteiger partial charge in [0.25, 0.3) is 0 Å². The summed E-state index contributed by atoms with van der Waals surface area (Å²) in [5.41, 5.74) is 17.2. The molecule has 10 rings (SSSR count). The van der Waals surface area contributed by atoms with Gasteiger partial charge in [-0.2, -0.15) is 0 Å². The molecular weight excluding hydrogens is 679 g/mol. The summed E-state index contributed by atoms with van der Waals surface area (Å²) < 4.78 is 2.32. The van der Waals surface area contributed by atoms with E-state index in [0.29, 0.717) is 0 Å². The van der Waals surface area contributed by atoms with Crippen molar-refractivity contribution in [2.24, 2.45) is 0 Å². The zero-order valence-corrected chi connectivity index (χ0v) is 30.7. The molecule has 0 bridgehead atoms. The molecule has 0 N–H and O–H groups in total. The molecule has 0 atom stereocenters. The SMILES string of the molecule is c1ccc(-c2ccc(-c3ccc(N(c4ccc(-c5ccccc5)cc4)c4ccc(-c5cccc(-n6c7ccccc7c7ncccc76)c5)cc4)cc3)cc2)cc1. The maximum absolute atomic E-state index is 4.74. The van der Waals surface area contributed by atoms with E-state index in [2.05, 4.69) is 222 Å². The molecular formula is C53H37N3. The lowest BCUT2D eigenvalue weighted by Gasteiger charge is -2.26. The summed E-state index contributed by atoms with van der Waals surface area (Å²) in [7, 11) is 0. The Morgan fingerprint density at radius 3 is 1.27 bits per heavy atom. The minimum atomic E-state index is 1.02. The number of benzene rings is 8. The standard InChI is InChI=1S/C53H37N3/c1-3-11-38(12-4-1)40-20-22-41(23-21-40)43-26-32-47(33-27-43)55(46-30-24-42(25-31-46)39-13-5-2-6-14-39)48-34-28-44(29-35-48)45-15-9-16-49(37-45)56-51-18-8-7-17-50(51)53-52(56)19-10-36-54-53/h1-37H. The van der Waals surface area contributed by atoms with Crippen molar-refractivity contribution in [2.45, 2.75) is 0 Å². The van der Waals surface area contributed by atoms with E-state index in [4.69, 9.17) is 4.98 Å². The van der Waals surface area contributed by atoms with Crippen molar-refractivity contribution in [3.8, 4) is 50.2 Å². The predicted molar refractivity (Wildman–Crippen MR) is 235 cm³/mol. The number of aromatic nitrogens is 2. The van der Waals surface area contributed by atoms with E-state index in [0.717, 1.165) is 55.8 Å². The topological polar surface area (TPSA) is 21.1 Å². The average molecular weight is 716 g/mol. The maximum Gasteiger partial charge on any atom is 0.0963 e. The van der Waals surface area contributed by atoms with Crippen LogP contribution in [0.3, 0.4) is 0 Å². The molecule has 0 aliphatic rings. The summed E-state index contributed by atoms with van der Waals surface area (Å²) in [5, 5.41) is 1.16. The first-order valence-electron chi connectivity index (χ1n) is 19.0. The van der Waals surface area contributed by atoms with E-state index in [1.165, 1.54) is 33.4 Å². The monoisotopic (exact) mass is 715 g/mol. The van der Waals surface area contributed by atoms with Gasteiger partial charge in [0.05, 0.1) is 16.6 Å². The second-order valence-corrected chi connectivity index (χ2v) is 14.1. The number of pyridine rings is 1. The van der Waals surface area contributed by atoms with Gasteiger partial charge >= 0.3 is 0 Å². The molecule has 0 saturated carbocycles. The Bertz CT molecular complexity index is 2860. The molecule has 3 nitrogen and oxygen atoms in total. The van der Waals surface area contributed by atoms with Crippen LogP contribution >= 0.6 is 0 Å². The van der Waals surface area contributed by atoms with Gasteiger partial charge < -0.3 is 9.47 Å². The molecule has 2 heterocycles. The molecule has 0 unspecified atom stereocenters. The highest BCUT2D eigenvalue weighted by molar-refractivity contribution is 6.07. The van der Waals surface area contributed by atoms with Crippen LogP contribution in [0.1, 0.15) is 0 Å². The fourth-order valence-electron chi connectivity index (χ4n) is 7.86. The van der Waals surface area contributed by atoms with Crippen LogP contribution in [0.5, 0.6) is 0 Å². The fraction of sp³-hybridized carbons (Fsp3) is 0. The first-order chi connectivity index (χ1) is 27.8. The average Bonchev–Trinajstić information content (AvgIpc) is 3.62. The highest BCUT2D eigenvalue weighted by Gasteiger charge is 2.16. The van der Waals surface area contributed by atoms with Gasteiger partial charge in [-0.05, 0) is 111 Å². The number of rotatable bonds is 8. The third-order valence-corrected chi connectivity index (χ3v) is 10.7. The van der Waals surface area contributed by atoms with Gasteiger partial charge in [0.2, 0.25) is 0 Å². The molecule has 0 aliphatic carbocycles. The summed E-state index contributed by atoms with van der Waals surface area (Å²) in [6, 6.07) is 78.1. The third kappa shape index (κ3) is 6.21. The van der Waals surface area contributed by atoms with Crippen LogP contribution < -0.4 is 4.90 Å². The van der Waals surface area contributed by atoms with Gasteiger partial charge in [0.15, 0.2) is 0 Å². The van der Waals surface area contributed by atoms with Crippen LogP contribution in [-0.4, -0.2) is 9.55 Å². The van der Waals surface area contributed by atoms with Crippen molar-refractivity contribution < 1.29 is 0 Å². The molecule has 56 heavy (non-hydrogen) atoms. The molecule has 10 aromatic rings. The Hall–Kier alpha value is -7.49. The number of hydrogen-bond donors (Lipinski definition) is 0. The minimum Gasteiger partial charge on any atom is -0.311 e. The van der Waals surface area contributed by atoms with E-state index in [-0.39, 0.29) is 0 Å². The van der Waals surface area contributed by atoms with Crippen molar-refractivity contribution in [1.29, 1.82) is 0 Å². The number of para-hydroxylation sites is 1. The van der Waals surface area contributed by atoms with E-state index < -0.39 is 0 Å². The summed E-state index contributed by atoms with van der Waals surface area (Å²) in [6.45, 7) is 0. The largest absolute Gasteiger partial charge is 0.311 e. The van der Waals surface area contributed by atoms with E-state index in [1.807, 2.05) is 12.3 Å². The Morgan fingerprint density at radius 1 is 0.321 bits per heavy atom. The molecule has 8 aromatic carbocycles. The number of fused-ring (bicyclic) bond motifs is 3. The highest BCUT2D eigenvalue weighted by Crippen LogP contribution is 2.39. The fourth-order valence-corrected chi connectivity index (χ4v) is 7.86. The van der Waals surface area contributed by atoms with Crippen LogP contribution in [0.15, 0.2) is 225 Å². The first-order valence-corrected chi connectivity index (χ1v) is 19.0. The van der Waals surface area contributed by atoms with Crippen molar-refractivity contribution in [3.63, 3.8) is 0 Å². The molecule has 0 radical (unpaired) electrons. The second kappa shape index (κ2) is 14.4. The summed E-state index contributed by atoms with van der Waals surface area (Å²) in [5.74, 6) is 0. The van der Waals surface area contributed by atoms with Gasteiger partial charge in [0, 0.05) is 34.3 Å². The van der Waals surface area contributed by atoms with E-state index >= 15 is 0 Å². The van der Waals surface area contributed by atoms with Crippen LogP contribution in [0.25, 0.3) is 72.1 Å². The molecule has 3 heteroatoms. The zero-order chi connectivity index (χ0) is 37.3. The quantitative estimate of drug-likeness (QED) is 0.156. The Morgan fingerprint density at radius 2 is 0.732 bits per heavy atom. The maximum atomic E-state index is 4.74. The van der Waals surface area contributed by atoms with Crippen LogP contribution in [0.4, 0.5) is 17.1 Å². The van der Waals surface area contributed by atoms with Crippen molar-refractivity contribution in [3.05, 3.63) is 225 Å². The summed E-state index contributed by atoms with van der Waals surface area (Å²) in [4.78, 5) is 7.08. The van der Waals surface area contributed by atoms with Gasteiger partial charge in [-0.15, -0.1) is 0 Å². The molecule has 264 valence electrons. The predicted octanol–water partition coefficient (Wildman–Crippen LogP) is 14.3. The van der Waals surface area contributed by atoms with Gasteiger partial charge in [-0.25, -0.2) is 0 Å². The van der Waals surface area contributed by atoms with Crippen LogP contribution in [-0.2, 0) is 0 Å². The van der Waals surface area contributed by atoms with Crippen molar-refractivity contribution in [2.75, 3.05) is 4.90 Å². The Balaban J connectivity index is 0.995. The normalized spacial score (nSPS) is 11.2. The van der Waals surface area contributed by atoms with Crippen molar-refractivity contribution >= 4 is 39.0 Å². The van der Waals surface area contributed by atoms with Gasteiger partial charge in [-0.3, -0.25) is 4.98 Å². The lowest BCUT2D eigenvalue weighted by atomic mass is 10.00. The van der Waals surface area contributed by atoms with Crippen molar-refractivity contribution in [1.82, 2.24) is 9.55 Å². The lowest BCUT2D eigenvalue weighted by molar-refractivity contribution is 1.18. The molecule has 0 aliphatic heterocycles. The molecule has 0 saturated heterocycles.